The van der Waals surface area contributed by atoms with Crippen molar-refractivity contribution in [3.8, 4) is 33.9 Å². The maximum atomic E-state index is 5.18. The average Bonchev–Trinajstić information content (AvgIpc) is 3.68. The van der Waals surface area contributed by atoms with Crippen molar-refractivity contribution in [2.45, 2.75) is 0 Å². The Balaban J connectivity index is 1.31. The Morgan fingerprint density at radius 1 is 0.333 bits per heavy atom. The van der Waals surface area contributed by atoms with Crippen LogP contribution >= 0.6 is 0 Å². The molecular weight excluding hydrogens is 583 g/mol. The fourth-order valence-corrected chi connectivity index (χ4v) is 7.55. The Labute approximate surface area is 277 Å². The molecule has 0 aliphatic heterocycles. The fraction of sp³-hybridized carbons (Fsp3) is 0. The van der Waals surface area contributed by atoms with Gasteiger partial charge in [0.15, 0.2) is 0 Å². The Bertz CT molecular complexity index is 2770. The van der Waals surface area contributed by atoms with Crippen molar-refractivity contribution >= 4 is 54.4 Å². The molecule has 3 heteroatoms. The number of benzene rings is 7. The zero-order valence-electron chi connectivity index (χ0n) is 26.1. The van der Waals surface area contributed by atoms with Crippen molar-refractivity contribution in [2.24, 2.45) is 0 Å². The van der Waals surface area contributed by atoms with Gasteiger partial charge in [0.2, 0.25) is 0 Å². The molecule has 0 spiro atoms. The predicted molar refractivity (Wildman–Crippen MR) is 201 cm³/mol. The number of para-hydroxylation sites is 2. The molecule has 3 nitrogen and oxygen atoms in total. The smallest absolute Gasteiger partial charge is 0.0730 e. The minimum Gasteiger partial charge on any atom is -0.309 e. The minimum absolute atomic E-state index is 0.951. The van der Waals surface area contributed by atoms with Crippen LogP contribution in [0.25, 0.3) is 88.3 Å². The van der Waals surface area contributed by atoms with Crippen LogP contribution < -0.4 is 0 Å². The number of aromatic nitrogens is 3. The summed E-state index contributed by atoms with van der Waals surface area (Å²) in [5, 5.41) is 7.50. The van der Waals surface area contributed by atoms with Crippen LogP contribution in [0.3, 0.4) is 0 Å². The van der Waals surface area contributed by atoms with Crippen LogP contribution in [0.2, 0.25) is 0 Å². The molecule has 0 fully saturated rings. The van der Waals surface area contributed by atoms with Crippen molar-refractivity contribution in [2.75, 3.05) is 0 Å². The van der Waals surface area contributed by atoms with E-state index in [1.807, 2.05) is 0 Å². The molecule has 0 radical (unpaired) electrons. The summed E-state index contributed by atoms with van der Waals surface area (Å²) in [5.41, 5.74) is 11.1. The van der Waals surface area contributed by atoms with Gasteiger partial charge in [0.1, 0.15) is 0 Å². The molecule has 7 aromatic carbocycles. The summed E-state index contributed by atoms with van der Waals surface area (Å²) in [6, 6.07) is 63.0. The molecule has 0 N–H and O–H groups in total. The Hall–Kier alpha value is -6.45. The number of hydrogen-bond donors (Lipinski definition) is 0. The highest BCUT2D eigenvalue weighted by Gasteiger charge is 2.21. The first-order chi connectivity index (χ1) is 23.8. The highest BCUT2D eigenvalue weighted by atomic mass is 15.0. The van der Waals surface area contributed by atoms with Crippen LogP contribution in [0, 0.1) is 0 Å². The summed E-state index contributed by atoms with van der Waals surface area (Å²) in [5.74, 6) is 0. The van der Waals surface area contributed by atoms with E-state index >= 15 is 0 Å². The van der Waals surface area contributed by atoms with Crippen molar-refractivity contribution in [3.63, 3.8) is 0 Å². The van der Waals surface area contributed by atoms with Crippen LogP contribution in [0.5, 0.6) is 0 Å². The molecule has 0 atom stereocenters. The molecule has 0 amide bonds. The second-order valence-corrected chi connectivity index (χ2v) is 12.4. The molecule has 0 bridgehead atoms. The van der Waals surface area contributed by atoms with Gasteiger partial charge in [0, 0.05) is 38.4 Å². The molecule has 3 aromatic heterocycles. The Morgan fingerprint density at radius 3 is 1.40 bits per heavy atom. The fourth-order valence-electron chi connectivity index (χ4n) is 7.55. The normalized spacial score (nSPS) is 11.8. The van der Waals surface area contributed by atoms with Gasteiger partial charge in [-0.15, -0.1) is 0 Å². The number of nitrogens with zero attached hydrogens (tertiary/aromatic N) is 3. The second kappa shape index (κ2) is 10.5. The van der Waals surface area contributed by atoms with Gasteiger partial charge in [-0.3, -0.25) is 0 Å². The van der Waals surface area contributed by atoms with Gasteiger partial charge >= 0.3 is 0 Å². The van der Waals surface area contributed by atoms with Crippen molar-refractivity contribution in [1.82, 2.24) is 14.1 Å². The van der Waals surface area contributed by atoms with Crippen LogP contribution in [0.1, 0.15) is 0 Å². The van der Waals surface area contributed by atoms with E-state index in [1.54, 1.807) is 0 Å². The van der Waals surface area contributed by atoms with E-state index in [4.69, 9.17) is 4.98 Å². The third kappa shape index (κ3) is 4.04. The first kappa shape index (κ1) is 26.7. The molecule has 3 heterocycles. The molecule has 10 aromatic rings. The van der Waals surface area contributed by atoms with E-state index in [0.717, 1.165) is 33.9 Å². The lowest BCUT2D eigenvalue weighted by Gasteiger charge is -2.13. The Kier molecular flexibility index (Phi) is 5.87. The maximum absolute atomic E-state index is 5.18. The molecule has 0 saturated heterocycles. The van der Waals surface area contributed by atoms with Gasteiger partial charge in [-0.2, -0.15) is 0 Å². The minimum atomic E-state index is 0.951. The number of pyridine rings is 1. The number of fused-ring (bicyclic) bond motifs is 8. The largest absolute Gasteiger partial charge is 0.309 e. The number of rotatable bonds is 4. The van der Waals surface area contributed by atoms with E-state index < -0.39 is 0 Å². The van der Waals surface area contributed by atoms with Crippen molar-refractivity contribution < 1.29 is 0 Å². The lowest BCUT2D eigenvalue weighted by Crippen LogP contribution is -1.98. The summed E-state index contributed by atoms with van der Waals surface area (Å²) in [6.45, 7) is 0. The summed E-state index contributed by atoms with van der Waals surface area (Å²) in [6.07, 6.45) is 0. The molecule has 10 rings (SSSR count). The summed E-state index contributed by atoms with van der Waals surface area (Å²) in [4.78, 5) is 5.18. The number of hydrogen-bond acceptors (Lipinski definition) is 1. The van der Waals surface area contributed by atoms with Crippen LogP contribution in [0.15, 0.2) is 176 Å². The average molecular weight is 612 g/mol. The van der Waals surface area contributed by atoms with Gasteiger partial charge in [-0.05, 0) is 59.3 Å². The van der Waals surface area contributed by atoms with Gasteiger partial charge in [0.05, 0.1) is 39.1 Å². The summed E-state index contributed by atoms with van der Waals surface area (Å²) in [7, 11) is 0. The van der Waals surface area contributed by atoms with E-state index in [0.29, 0.717) is 0 Å². The van der Waals surface area contributed by atoms with Crippen LogP contribution in [0.4, 0.5) is 0 Å². The van der Waals surface area contributed by atoms with Crippen LogP contribution in [-0.4, -0.2) is 14.1 Å². The van der Waals surface area contributed by atoms with E-state index in [2.05, 4.69) is 185 Å². The molecular formula is C45H29N3. The monoisotopic (exact) mass is 611 g/mol. The van der Waals surface area contributed by atoms with Gasteiger partial charge in [-0.1, -0.05) is 127 Å². The highest BCUT2D eigenvalue weighted by Crippen LogP contribution is 2.43. The topological polar surface area (TPSA) is 22.8 Å². The maximum Gasteiger partial charge on any atom is 0.0730 e. The lowest BCUT2D eigenvalue weighted by molar-refractivity contribution is 1.16. The zero-order chi connectivity index (χ0) is 31.6. The van der Waals surface area contributed by atoms with Crippen molar-refractivity contribution in [1.29, 1.82) is 0 Å². The summed E-state index contributed by atoms with van der Waals surface area (Å²) >= 11 is 0. The van der Waals surface area contributed by atoms with E-state index in [-0.39, 0.29) is 0 Å². The first-order valence-corrected chi connectivity index (χ1v) is 16.4. The standard InChI is InChI=1S/C45H29N3/c1-3-14-31(15-4-1)38-28-35(29-39(46-38)32-16-5-2-6-17-32)48-41-22-12-10-20-37(41)45-43(48)26-25-42-44(45)36-19-9-11-21-40(36)47(42)34-24-23-30-13-7-8-18-33(30)27-34/h1-29H. The highest BCUT2D eigenvalue weighted by molar-refractivity contribution is 6.29. The lowest BCUT2D eigenvalue weighted by atomic mass is 10.1. The molecule has 48 heavy (non-hydrogen) atoms. The van der Waals surface area contributed by atoms with Gasteiger partial charge < -0.3 is 9.13 Å². The molecule has 224 valence electrons. The third-order valence-corrected chi connectivity index (χ3v) is 9.67. The van der Waals surface area contributed by atoms with Crippen molar-refractivity contribution in [3.05, 3.63) is 176 Å². The third-order valence-electron chi connectivity index (χ3n) is 9.67. The van der Waals surface area contributed by atoms with Gasteiger partial charge in [-0.25, -0.2) is 4.98 Å². The Morgan fingerprint density at radius 2 is 0.812 bits per heavy atom. The molecule has 0 saturated carbocycles. The second-order valence-electron chi connectivity index (χ2n) is 12.4. The first-order valence-electron chi connectivity index (χ1n) is 16.4. The summed E-state index contributed by atoms with van der Waals surface area (Å²) < 4.78 is 4.85. The SMILES string of the molecule is c1ccc(-c2cc(-n3c4ccccc4c4c5c6ccccc6n(-c6ccc7ccccc7c6)c5ccc43)cc(-c3ccccc3)n2)cc1. The van der Waals surface area contributed by atoms with Crippen LogP contribution in [-0.2, 0) is 0 Å². The zero-order valence-corrected chi connectivity index (χ0v) is 26.1. The predicted octanol–water partition coefficient (Wildman–Crippen LogP) is 11.8. The van der Waals surface area contributed by atoms with E-state index in [1.165, 1.54) is 54.4 Å². The molecule has 0 aliphatic carbocycles. The quantitative estimate of drug-likeness (QED) is 0.194. The molecule has 0 unspecified atom stereocenters. The molecule has 0 aliphatic rings. The van der Waals surface area contributed by atoms with E-state index in [9.17, 15) is 0 Å². The van der Waals surface area contributed by atoms with Gasteiger partial charge in [0.25, 0.3) is 0 Å².